The number of halogens is 1. The molecule has 5 N–H and O–H groups in total. The molecule has 8 nitrogen and oxygen atoms in total. The van der Waals surface area contributed by atoms with Crippen LogP contribution in [0.2, 0.25) is 5.28 Å². The fraction of sp³-hybridized carbons (Fsp3) is 0.500. The Morgan fingerprint density at radius 3 is 3.05 bits per heavy atom. The quantitative estimate of drug-likeness (QED) is 0.588. The van der Waals surface area contributed by atoms with E-state index in [1.807, 2.05) is 6.07 Å². The van der Waals surface area contributed by atoms with E-state index < -0.39 is 24.4 Å². The first-order chi connectivity index (χ1) is 10.1. The normalized spacial score (nSPS) is 29.7. The second kappa shape index (κ2) is 5.74. The summed E-state index contributed by atoms with van der Waals surface area (Å²) in [6.45, 7) is 0.349. The molecule has 1 aliphatic heterocycles. The highest BCUT2D eigenvalue weighted by Crippen LogP contribution is 2.22. The van der Waals surface area contributed by atoms with E-state index in [1.165, 1.54) is 0 Å². The van der Waals surface area contributed by atoms with Crippen LogP contribution in [0.1, 0.15) is 0 Å². The predicted octanol–water partition coefficient (Wildman–Crippen LogP) is -0.758. The number of rotatable bonds is 3. The number of nitrogens with zero attached hydrogens (tertiary/aromatic N) is 3. The van der Waals surface area contributed by atoms with Crippen molar-refractivity contribution in [3.63, 3.8) is 0 Å². The molecule has 0 saturated carbocycles. The van der Waals surface area contributed by atoms with Gasteiger partial charge in [-0.25, -0.2) is 4.52 Å². The number of ether oxygens (including phenoxy) is 1. The number of anilines is 1. The van der Waals surface area contributed by atoms with Crippen LogP contribution in [0, 0.1) is 0 Å². The van der Waals surface area contributed by atoms with E-state index in [0.29, 0.717) is 11.3 Å². The Balaban J connectivity index is 1.84. The van der Waals surface area contributed by atoms with Gasteiger partial charge in [-0.3, -0.25) is 0 Å². The van der Waals surface area contributed by atoms with Crippen LogP contribution >= 0.6 is 11.6 Å². The molecule has 4 unspecified atom stereocenters. The maximum Gasteiger partial charge on any atom is 0.243 e. The van der Waals surface area contributed by atoms with Crippen LogP contribution in [0.5, 0.6) is 0 Å². The molecule has 3 heterocycles. The van der Waals surface area contributed by atoms with Crippen LogP contribution in [0.3, 0.4) is 0 Å². The third-order valence-corrected chi connectivity index (χ3v) is 3.71. The van der Waals surface area contributed by atoms with Gasteiger partial charge >= 0.3 is 0 Å². The molecule has 0 radical (unpaired) electrons. The van der Waals surface area contributed by atoms with Gasteiger partial charge in [0.15, 0.2) is 5.82 Å². The van der Waals surface area contributed by atoms with E-state index >= 15 is 0 Å². The van der Waals surface area contributed by atoms with Crippen LogP contribution in [0.4, 0.5) is 5.82 Å². The molecular weight excluding hydrogens is 298 g/mol. The molecule has 114 valence electrons. The number of nitrogens with one attached hydrogen (secondary N) is 1. The van der Waals surface area contributed by atoms with Gasteiger partial charge in [-0.15, -0.1) is 5.10 Å². The Morgan fingerprint density at radius 1 is 1.48 bits per heavy atom. The fourth-order valence-corrected chi connectivity index (χ4v) is 2.57. The lowest BCUT2D eigenvalue weighted by Crippen LogP contribution is -2.57. The highest BCUT2D eigenvalue weighted by molar-refractivity contribution is 6.28. The number of hydrogen-bond acceptors (Lipinski definition) is 7. The number of hydrogen-bond donors (Lipinski definition) is 4. The Bertz CT molecular complexity index is 636. The minimum absolute atomic E-state index is 0.0767. The third kappa shape index (κ3) is 2.68. The minimum atomic E-state index is -1.05. The van der Waals surface area contributed by atoms with E-state index in [-0.39, 0.29) is 18.4 Å². The van der Waals surface area contributed by atoms with Gasteiger partial charge in [0.2, 0.25) is 5.28 Å². The maximum atomic E-state index is 10.2. The largest absolute Gasteiger partial charge is 0.388 e. The Labute approximate surface area is 125 Å². The van der Waals surface area contributed by atoms with Crippen molar-refractivity contribution < 1.29 is 14.9 Å². The molecule has 0 aromatic carbocycles. The molecule has 1 saturated heterocycles. The lowest BCUT2D eigenvalue weighted by atomic mass is 9.98. The summed E-state index contributed by atoms with van der Waals surface area (Å²) in [7, 11) is 0. The molecule has 0 bridgehead atoms. The van der Waals surface area contributed by atoms with E-state index in [1.54, 1.807) is 16.8 Å². The topological polar surface area (TPSA) is 118 Å². The monoisotopic (exact) mass is 313 g/mol. The van der Waals surface area contributed by atoms with E-state index in [0.717, 1.165) is 0 Å². The second-order valence-corrected chi connectivity index (χ2v) is 5.25. The first-order valence-corrected chi connectivity index (χ1v) is 6.93. The average Bonchev–Trinajstić information content (AvgIpc) is 2.92. The highest BCUT2D eigenvalue weighted by atomic mass is 35.5. The number of aliphatic hydroxyl groups excluding tert-OH is 2. The minimum Gasteiger partial charge on any atom is -0.388 e. The molecule has 9 heteroatoms. The molecule has 3 rings (SSSR count). The standard InChI is InChI=1S/C12H16ClN5O3/c13-12-16-11(7-2-1-3-18(7)17-12)15-6-5-21-8(4-14)10(20)9(6)19/h1-3,6,8-10,19-20H,4-5,14H2,(H,15,16,17). The van der Waals surface area contributed by atoms with Crippen molar-refractivity contribution in [2.45, 2.75) is 24.4 Å². The first kappa shape index (κ1) is 14.5. The summed E-state index contributed by atoms with van der Waals surface area (Å²) in [5, 5.41) is 27.3. The van der Waals surface area contributed by atoms with E-state index in [2.05, 4.69) is 15.4 Å². The van der Waals surface area contributed by atoms with Gasteiger partial charge in [0.25, 0.3) is 0 Å². The van der Waals surface area contributed by atoms with Gasteiger partial charge in [-0.2, -0.15) is 4.98 Å². The zero-order valence-electron chi connectivity index (χ0n) is 11.1. The molecular formula is C12H16ClN5O3. The number of fused-ring (bicyclic) bond motifs is 1. The van der Waals surface area contributed by atoms with E-state index in [4.69, 9.17) is 22.1 Å². The van der Waals surface area contributed by atoms with Crippen LogP contribution < -0.4 is 11.1 Å². The predicted molar refractivity (Wildman–Crippen MR) is 76.2 cm³/mol. The van der Waals surface area contributed by atoms with E-state index in [9.17, 15) is 10.2 Å². The summed E-state index contributed by atoms with van der Waals surface area (Å²) in [5.74, 6) is 0.464. The van der Waals surface area contributed by atoms with Crippen LogP contribution in [0.15, 0.2) is 18.3 Å². The summed E-state index contributed by atoms with van der Waals surface area (Å²) in [6.07, 6.45) is -0.904. The second-order valence-electron chi connectivity index (χ2n) is 4.91. The van der Waals surface area contributed by atoms with Crippen molar-refractivity contribution in [3.05, 3.63) is 23.6 Å². The Hall–Kier alpha value is -1.45. The summed E-state index contributed by atoms with van der Waals surface area (Å²) < 4.78 is 7.01. The Morgan fingerprint density at radius 2 is 2.29 bits per heavy atom. The molecule has 0 spiro atoms. The molecule has 21 heavy (non-hydrogen) atoms. The molecule has 1 aliphatic rings. The van der Waals surface area contributed by atoms with Crippen LogP contribution in [-0.2, 0) is 4.74 Å². The van der Waals surface area contributed by atoms with Crippen LogP contribution in [-0.4, -0.2) is 62.3 Å². The zero-order chi connectivity index (χ0) is 15.0. The van der Waals surface area contributed by atoms with Gasteiger partial charge in [0, 0.05) is 12.7 Å². The van der Waals surface area contributed by atoms with Crippen molar-refractivity contribution in [2.24, 2.45) is 5.73 Å². The lowest BCUT2D eigenvalue weighted by Gasteiger charge is -2.37. The van der Waals surface area contributed by atoms with Crippen molar-refractivity contribution >= 4 is 22.9 Å². The van der Waals surface area contributed by atoms with Crippen molar-refractivity contribution in [1.29, 1.82) is 0 Å². The summed E-state index contributed by atoms with van der Waals surface area (Å²) in [4.78, 5) is 4.12. The van der Waals surface area contributed by atoms with Gasteiger partial charge in [0.1, 0.15) is 17.7 Å². The SMILES string of the molecule is NCC1OCC(Nc2nc(Cl)nn3cccc23)C(O)C1O. The highest BCUT2D eigenvalue weighted by Gasteiger charge is 2.38. The lowest BCUT2D eigenvalue weighted by molar-refractivity contribution is -0.136. The van der Waals surface area contributed by atoms with Crippen molar-refractivity contribution in [1.82, 2.24) is 14.6 Å². The molecule has 0 aliphatic carbocycles. The summed E-state index contributed by atoms with van der Waals surface area (Å²) >= 11 is 5.87. The maximum absolute atomic E-state index is 10.2. The van der Waals surface area contributed by atoms with Gasteiger partial charge in [0.05, 0.1) is 18.8 Å². The van der Waals surface area contributed by atoms with Crippen LogP contribution in [0.25, 0.3) is 5.52 Å². The van der Waals surface area contributed by atoms with Gasteiger partial charge in [-0.1, -0.05) is 0 Å². The zero-order valence-corrected chi connectivity index (χ0v) is 11.8. The molecule has 4 atom stereocenters. The summed E-state index contributed by atoms with van der Waals surface area (Å²) in [5.41, 5.74) is 6.19. The summed E-state index contributed by atoms with van der Waals surface area (Å²) in [6, 6.07) is 3.10. The molecule has 1 fully saturated rings. The third-order valence-electron chi connectivity index (χ3n) is 3.55. The molecule has 2 aromatic rings. The average molecular weight is 314 g/mol. The van der Waals surface area contributed by atoms with Crippen molar-refractivity contribution in [3.8, 4) is 0 Å². The first-order valence-electron chi connectivity index (χ1n) is 6.55. The smallest absolute Gasteiger partial charge is 0.243 e. The van der Waals surface area contributed by atoms with Crippen molar-refractivity contribution in [2.75, 3.05) is 18.5 Å². The number of aliphatic hydroxyl groups is 2. The Kier molecular flexibility index (Phi) is 3.96. The molecule has 0 amide bonds. The van der Waals surface area contributed by atoms with Gasteiger partial charge < -0.3 is 26.0 Å². The number of aromatic nitrogens is 3. The van der Waals surface area contributed by atoms with Gasteiger partial charge in [-0.05, 0) is 23.7 Å². The number of nitrogens with two attached hydrogens (primary N) is 1. The molecule has 2 aromatic heterocycles. The fourth-order valence-electron chi connectivity index (χ4n) is 2.41.